The van der Waals surface area contributed by atoms with Crippen LogP contribution in [-0.4, -0.2) is 36.1 Å². The lowest BCUT2D eigenvalue weighted by molar-refractivity contribution is -0.0584. The van der Waals surface area contributed by atoms with Gasteiger partial charge >= 0.3 is 5.97 Å². The molecule has 0 radical (unpaired) electrons. The van der Waals surface area contributed by atoms with Gasteiger partial charge in [0, 0.05) is 12.5 Å². The second-order valence-electron chi connectivity index (χ2n) is 6.01. The number of nitrogens with zero attached hydrogens (tertiary/aromatic N) is 1. The highest BCUT2D eigenvalue weighted by atomic mass is 16.7. The van der Waals surface area contributed by atoms with Crippen LogP contribution in [0.25, 0.3) is 0 Å². The number of hydroxylamine groups is 2. The molecule has 1 unspecified atom stereocenters. The Kier molecular flexibility index (Phi) is 3.82. The van der Waals surface area contributed by atoms with Crippen molar-refractivity contribution >= 4 is 17.8 Å². The Balaban J connectivity index is 1.54. The zero-order chi connectivity index (χ0) is 17.4. The van der Waals surface area contributed by atoms with Crippen molar-refractivity contribution in [3.63, 3.8) is 0 Å². The summed E-state index contributed by atoms with van der Waals surface area (Å²) in [5.41, 5.74) is 1.74. The third kappa shape index (κ3) is 2.70. The van der Waals surface area contributed by atoms with Gasteiger partial charge in [0.25, 0.3) is 11.8 Å². The van der Waals surface area contributed by atoms with E-state index in [1.165, 1.54) is 12.1 Å². The fourth-order valence-electron chi connectivity index (χ4n) is 3.10. The third-order valence-corrected chi connectivity index (χ3v) is 4.45. The number of fused-ring (bicyclic) bond motifs is 1. The van der Waals surface area contributed by atoms with Gasteiger partial charge in [0.05, 0.1) is 23.3 Å². The number of carbonyl (C=O) groups is 3. The van der Waals surface area contributed by atoms with Gasteiger partial charge in [0.1, 0.15) is 0 Å². The second kappa shape index (κ2) is 6.14. The van der Waals surface area contributed by atoms with E-state index in [1.54, 1.807) is 30.3 Å². The van der Waals surface area contributed by atoms with E-state index in [4.69, 9.17) is 9.57 Å². The van der Waals surface area contributed by atoms with E-state index < -0.39 is 17.8 Å². The fraction of sp³-hybridized carbons (Fsp3) is 0.211. The number of benzene rings is 2. The van der Waals surface area contributed by atoms with Crippen LogP contribution in [0.15, 0.2) is 48.5 Å². The van der Waals surface area contributed by atoms with Crippen LogP contribution >= 0.6 is 0 Å². The molecule has 4 rings (SSSR count). The maximum Gasteiger partial charge on any atom is 0.363 e. The molecule has 2 aromatic carbocycles. The summed E-state index contributed by atoms with van der Waals surface area (Å²) in [5, 5.41) is 0.526. The molecule has 0 aliphatic carbocycles. The van der Waals surface area contributed by atoms with Crippen LogP contribution in [-0.2, 0) is 9.57 Å². The standard InChI is InChI=1S/C19H15NO5/c21-17-15-6-1-2-7-16(15)18(22)20(17)25-19(23)13-5-3-4-12(10-13)14-8-9-24-11-14/h1-7,10,14H,8-9,11H2. The van der Waals surface area contributed by atoms with Crippen molar-refractivity contribution < 1.29 is 24.0 Å². The van der Waals surface area contributed by atoms with E-state index in [2.05, 4.69) is 0 Å². The first-order valence-corrected chi connectivity index (χ1v) is 8.03. The molecule has 0 N–H and O–H groups in total. The molecular weight excluding hydrogens is 322 g/mol. The summed E-state index contributed by atoms with van der Waals surface area (Å²) in [5.74, 6) is -1.76. The molecule has 2 aliphatic rings. The number of amides is 2. The topological polar surface area (TPSA) is 72.9 Å². The smallest absolute Gasteiger partial charge is 0.363 e. The van der Waals surface area contributed by atoms with Gasteiger partial charge in [-0.2, -0.15) is 0 Å². The molecule has 6 nitrogen and oxygen atoms in total. The van der Waals surface area contributed by atoms with E-state index in [0.29, 0.717) is 23.8 Å². The summed E-state index contributed by atoms with van der Waals surface area (Å²) >= 11 is 0. The lowest BCUT2D eigenvalue weighted by atomic mass is 9.97. The van der Waals surface area contributed by atoms with Gasteiger partial charge in [-0.3, -0.25) is 9.59 Å². The molecule has 126 valence electrons. The number of rotatable bonds is 3. The van der Waals surface area contributed by atoms with Crippen molar-refractivity contribution in [2.45, 2.75) is 12.3 Å². The van der Waals surface area contributed by atoms with Gasteiger partial charge in [-0.05, 0) is 36.2 Å². The summed E-state index contributed by atoms with van der Waals surface area (Å²) in [4.78, 5) is 42.0. The Morgan fingerprint density at radius 2 is 1.76 bits per heavy atom. The van der Waals surface area contributed by atoms with Crippen LogP contribution in [0.1, 0.15) is 49.0 Å². The molecule has 0 spiro atoms. The first-order valence-electron chi connectivity index (χ1n) is 8.03. The van der Waals surface area contributed by atoms with E-state index in [-0.39, 0.29) is 17.0 Å². The zero-order valence-electron chi connectivity index (χ0n) is 13.3. The first kappa shape index (κ1) is 15.5. The Bertz CT molecular complexity index is 835. The summed E-state index contributed by atoms with van der Waals surface area (Å²) in [7, 11) is 0. The largest absolute Gasteiger partial charge is 0.381 e. The number of ether oxygens (including phenoxy) is 1. The van der Waals surface area contributed by atoms with E-state index >= 15 is 0 Å². The molecule has 6 heteroatoms. The minimum Gasteiger partial charge on any atom is -0.381 e. The highest BCUT2D eigenvalue weighted by molar-refractivity contribution is 6.21. The SMILES string of the molecule is O=C(ON1C(=O)c2ccccc2C1=O)c1cccc(C2CCOC2)c1. The molecule has 0 bridgehead atoms. The van der Waals surface area contributed by atoms with Crippen molar-refractivity contribution in [1.82, 2.24) is 5.06 Å². The maximum absolute atomic E-state index is 12.4. The van der Waals surface area contributed by atoms with E-state index in [9.17, 15) is 14.4 Å². The van der Waals surface area contributed by atoms with E-state index in [0.717, 1.165) is 12.0 Å². The molecule has 2 heterocycles. The van der Waals surface area contributed by atoms with Crippen molar-refractivity contribution in [2.75, 3.05) is 13.2 Å². The number of hydrogen-bond donors (Lipinski definition) is 0. The molecule has 0 aromatic heterocycles. The second-order valence-corrected chi connectivity index (χ2v) is 6.01. The van der Waals surface area contributed by atoms with Gasteiger partial charge < -0.3 is 9.57 Å². The lowest BCUT2D eigenvalue weighted by Crippen LogP contribution is -2.32. The van der Waals surface area contributed by atoms with Gasteiger partial charge in [-0.25, -0.2) is 4.79 Å². The highest BCUT2D eigenvalue weighted by Gasteiger charge is 2.38. The lowest BCUT2D eigenvalue weighted by Gasteiger charge is -2.14. The molecule has 0 saturated carbocycles. The molecule has 2 amide bonds. The Morgan fingerprint density at radius 1 is 1.04 bits per heavy atom. The third-order valence-electron chi connectivity index (χ3n) is 4.45. The average molecular weight is 337 g/mol. The van der Waals surface area contributed by atoms with E-state index in [1.807, 2.05) is 6.07 Å². The van der Waals surface area contributed by atoms with Crippen LogP contribution in [0.2, 0.25) is 0 Å². The number of hydrogen-bond acceptors (Lipinski definition) is 5. The highest BCUT2D eigenvalue weighted by Crippen LogP contribution is 2.27. The van der Waals surface area contributed by atoms with Crippen LogP contribution in [0, 0.1) is 0 Å². The zero-order valence-corrected chi connectivity index (χ0v) is 13.3. The Hall–Kier alpha value is -2.99. The fourth-order valence-corrected chi connectivity index (χ4v) is 3.10. The van der Waals surface area contributed by atoms with Crippen molar-refractivity contribution in [2.24, 2.45) is 0 Å². The van der Waals surface area contributed by atoms with Crippen molar-refractivity contribution in [3.05, 3.63) is 70.8 Å². The van der Waals surface area contributed by atoms with Crippen LogP contribution in [0.4, 0.5) is 0 Å². The minimum atomic E-state index is -0.740. The number of imide groups is 1. The Morgan fingerprint density at radius 3 is 2.40 bits per heavy atom. The number of carbonyl (C=O) groups excluding carboxylic acids is 3. The summed E-state index contributed by atoms with van der Waals surface area (Å²) in [6.45, 7) is 1.32. The molecule has 1 fully saturated rings. The maximum atomic E-state index is 12.4. The summed E-state index contributed by atoms with van der Waals surface area (Å²) in [6, 6.07) is 13.4. The van der Waals surface area contributed by atoms with Gasteiger partial charge in [-0.15, -0.1) is 0 Å². The molecule has 1 atom stereocenters. The van der Waals surface area contributed by atoms with Gasteiger partial charge in [-0.1, -0.05) is 29.3 Å². The van der Waals surface area contributed by atoms with Gasteiger partial charge in [0.15, 0.2) is 0 Å². The molecule has 2 aliphatic heterocycles. The summed E-state index contributed by atoms with van der Waals surface area (Å²) < 4.78 is 5.37. The minimum absolute atomic E-state index is 0.233. The van der Waals surface area contributed by atoms with Crippen molar-refractivity contribution in [1.29, 1.82) is 0 Å². The average Bonchev–Trinajstić information content (AvgIpc) is 3.26. The molecule has 25 heavy (non-hydrogen) atoms. The summed E-state index contributed by atoms with van der Waals surface area (Å²) in [6.07, 6.45) is 0.900. The monoisotopic (exact) mass is 337 g/mol. The first-order chi connectivity index (χ1) is 12.1. The quantitative estimate of drug-likeness (QED) is 0.805. The van der Waals surface area contributed by atoms with Crippen LogP contribution < -0.4 is 0 Å². The molecule has 1 saturated heterocycles. The van der Waals surface area contributed by atoms with Crippen LogP contribution in [0.5, 0.6) is 0 Å². The normalized spacial score (nSPS) is 19.2. The Labute approximate surface area is 143 Å². The predicted molar refractivity (Wildman–Crippen MR) is 87.0 cm³/mol. The van der Waals surface area contributed by atoms with Gasteiger partial charge in [0.2, 0.25) is 0 Å². The molecule has 2 aromatic rings. The van der Waals surface area contributed by atoms with Crippen LogP contribution in [0.3, 0.4) is 0 Å². The van der Waals surface area contributed by atoms with Crippen molar-refractivity contribution in [3.8, 4) is 0 Å². The predicted octanol–water partition coefficient (Wildman–Crippen LogP) is 2.56. The molecular formula is C19H15NO5.